The summed E-state index contributed by atoms with van der Waals surface area (Å²) in [6.07, 6.45) is -9.14. The molecule has 0 amide bonds. The van der Waals surface area contributed by atoms with Gasteiger partial charge < -0.3 is 4.74 Å². The lowest BCUT2D eigenvalue weighted by Gasteiger charge is -2.15. The van der Waals surface area contributed by atoms with Gasteiger partial charge in [-0.3, -0.25) is 9.78 Å². The van der Waals surface area contributed by atoms with E-state index in [1.807, 2.05) is 0 Å². The molecule has 0 aliphatic heterocycles. The number of aromatic nitrogens is 3. The second-order valence-corrected chi connectivity index (χ2v) is 6.67. The first-order valence-electron chi connectivity index (χ1n) is 8.93. The summed E-state index contributed by atoms with van der Waals surface area (Å²) in [5.41, 5.74) is -2.82. The molecule has 4 rings (SSSR count). The lowest BCUT2D eigenvalue weighted by Crippen LogP contribution is -2.23. The highest BCUT2D eigenvalue weighted by Crippen LogP contribution is 2.38. The Morgan fingerprint density at radius 1 is 0.906 bits per heavy atom. The zero-order chi connectivity index (χ0) is 23.3. The van der Waals surface area contributed by atoms with E-state index in [4.69, 9.17) is 4.74 Å². The molecule has 2 aromatic heterocycles. The standard InChI is InChI=1S/C21H11F6N3O2/c1-32-11-6-4-10(5-7-11)19-29-16-14(17(30-19)20(22,23)24)9-13(18(31)21(25,26)27)12-3-2-8-28-15(12)16/h2-9H,1H3. The van der Waals surface area contributed by atoms with Crippen LogP contribution in [0.25, 0.3) is 33.2 Å². The van der Waals surface area contributed by atoms with Crippen LogP contribution in [0.3, 0.4) is 0 Å². The van der Waals surface area contributed by atoms with Gasteiger partial charge in [0.1, 0.15) is 11.3 Å². The van der Waals surface area contributed by atoms with Crippen molar-refractivity contribution in [3.63, 3.8) is 0 Å². The highest BCUT2D eigenvalue weighted by Gasteiger charge is 2.42. The molecular weight excluding hydrogens is 440 g/mol. The van der Waals surface area contributed by atoms with Crippen molar-refractivity contribution in [2.24, 2.45) is 0 Å². The minimum absolute atomic E-state index is 0.220. The number of methoxy groups -OCH3 is 1. The Morgan fingerprint density at radius 2 is 1.59 bits per heavy atom. The molecule has 0 atom stereocenters. The highest BCUT2D eigenvalue weighted by atomic mass is 19.4. The van der Waals surface area contributed by atoms with Crippen molar-refractivity contribution in [3.05, 3.63) is 59.9 Å². The molecular formula is C21H11F6N3O2. The summed E-state index contributed by atoms with van der Waals surface area (Å²) >= 11 is 0. The maximum Gasteiger partial charge on any atom is 0.454 e. The average molecular weight is 451 g/mol. The zero-order valence-corrected chi connectivity index (χ0v) is 16.0. The van der Waals surface area contributed by atoms with Gasteiger partial charge in [-0.15, -0.1) is 0 Å². The predicted octanol–water partition coefficient (Wildman–Crippen LogP) is 5.62. The van der Waals surface area contributed by atoms with Crippen LogP contribution in [0.5, 0.6) is 5.75 Å². The first kappa shape index (κ1) is 21.5. The van der Waals surface area contributed by atoms with Crippen molar-refractivity contribution in [1.29, 1.82) is 0 Å². The van der Waals surface area contributed by atoms with E-state index in [0.29, 0.717) is 11.8 Å². The third kappa shape index (κ3) is 3.70. The monoisotopic (exact) mass is 451 g/mol. The molecule has 11 heteroatoms. The van der Waals surface area contributed by atoms with Crippen molar-refractivity contribution in [2.75, 3.05) is 7.11 Å². The van der Waals surface area contributed by atoms with Crippen LogP contribution in [0, 0.1) is 0 Å². The Kier molecular flexibility index (Phi) is 4.99. The van der Waals surface area contributed by atoms with Crippen LogP contribution >= 0.6 is 0 Å². The summed E-state index contributed by atoms with van der Waals surface area (Å²) in [5, 5.41) is -1.02. The minimum atomic E-state index is -5.29. The predicted molar refractivity (Wildman–Crippen MR) is 102 cm³/mol. The number of rotatable bonds is 3. The molecule has 2 aromatic carbocycles. The van der Waals surface area contributed by atoms with E-state index >= 15 is 0 Å². The van der Waals surface area contributed by atoms with Gasteiger partial charge in [0.05, 0.1) is 12.6 Å². The molecule has 5 nitrogen and oxygen atoms in total. The topological polar surface area (TPSA) is 65.0 Å². The fourth-order valence-corrected chi connectivity index (χ4v) is 3.25. The van der Waals surface area contributed by atoms with E-state index in [-0.39, 0.29) is 27.8 Å². The van der Waals surface area contributed by atoms with E-state index < -0.39 is 34.8 Å². The van der Waals surface area contributed by atoms with Gasteiger partial charge in [-0.1, -0.05) is 6.07 Å². The van der Waals surface area contributed by atoms with E-state index in [2.05, 4.69) is 15.0 Å². The Balaban J connectivity index is 2.11. The smallest absolute Gasteiger partial charge is 0.454 e. The van der Waals surface area contributed by atoms with Crippen LogP contribution < -0.4 is 4.74 Å². The Bertz CT molecular complexity index is 1350. The lowest BCUT2D eigenvalue weighted by molar-refractivity contribution is -0.139. The Morgan fingerprint density at radius 3 is 2.19 bits per heavy atom. The van der Waals surface area contributed by atoms with Crippen LogP contribution in [0.15, 0.2) is 48.7 Å². The molecule has 0 spiro atoms. The van der Waals surface area contributed by atoms with Gasteiger partial charge >= 0.3 is 12.4 Å². The summed E-state index contributed by atoms with van der Waals surface area (Å²) in [5.74, 6) is -2.15. The molecule has 2 heterocycles. The summed E-state index contributed by atoms with van der Waals surface area (Å²) < 4.78 is 85.9. The summed E-state index contributed by atoms with van der Waals surface area (Å²) in [4.78, 5) is 23.6. The van der Waals surface area contributed by atoms with E-state index in [1.165, 1.54) is 49.7 Å². The third-order valence-corrected chi connectivity index (χ3v) is 4.68. The minimum Gasteiger partial charge on any atom is -0.497 e. The number of benzene rings is 2. The molecule has 0 N–H and O–H groups in total. The van der Waals surface area contributed by atoms with E-state index in [0.717, 1.165) is 0 Å². The normalized spacial score (nSPS) is 12.3. The van der Waals surface area contributed by atoms with Gasteiger partial charge in [0.15, 0.2) is 11.5 Å². The highest BCUT2D eigenvalue weighted by molar-refractivity contribution is 6.17. The Hall–Kier alpha value is -3.76. The molecule has 164 valence electrons. The van der Waals surface area contributed by atoms with Crippen molar-refractivity contribution in [2.45, 2.75) is 12.4 Å². The molecule has 0 radical (unpaired) electrons. The van der Waals surface area contributed by atoms with E-state index in [1.54, 1.807) is 0 Å². The number of nitrogens with zero attached hydrogens (tertiary/aromatic N) is 3. The summed E-state index contributed by atoms with van der Waals surface area (Å²) in [6.45, 7) is 0. The van der Waals surface area contributed by atoms with Crippen LogP contribution in [0.4, 0.5) is 26.3 Å². The number of ether oxygens (including phenoxy) is 1. The van der Waals surface area contributed by atoms with Crippen molar-refractivity contribution in [3.8, 4) is 17.1 Å². The summed E-state index contributed by atoms with van der Waals surface area (Å²) in [7, 11) is 1.42. The number of fused-ring (bicyclic) bond motifs is 3. The first-order valence-corrected chi connectivity index (χ1v) is 8.93. The fraction of sp³-hybridized carbons (Fsp3) is 0.143. The zero-order valence-electron chi connectivity index (χ0n) is 16.0. The molecule has 0 aliphatic carbocycles. The van der Waals surface area contributed by atoms with Gasteiger partial charge in [0.25, 0.3) is 5.78 Å². The lowest BCUT2D eigenvalue weighted by atomic mass is 9.99. The van der Waals surface area contributed by atoms with Crippen LogP contribution in [0.1, 0.15) is 16.1 Å². The van der Waals surface area contributed by atoms with Crippen LogP contribution in [-0.4, -0.2) is 34.0 Å². The maximum atomic E-state index is 13.9. The second-order valence-electron chi connectivity index (χ2n) is 6.67. The number of hydrogen-bond donors (Lipinski definition) is 0. The van der Waals surface area contributed by atoms with Gasteiger partial charge in [-0.2, -0.15) is 26.3 Å². The number of alkyl halides is 6. The molecule has 0 fully saturated rings. The van der Waals surface area contributed by atoms with Crippen molar-refractivity contribution < 1.29 is 35.9 Å². The molecule has 0 aliphatic rings. The van der Waals surface area contributed by atoms with Gasteiger partial charge in [-0.25, -0.2) is 9.97 Å². The van der Waals surface area contributed by atoms with Crippen molar-refractivity contribution in [1.82, 2.24) is 15.0 Å². The molecule has 0 bridgehead atoms. The van der Waals surface area contributed by atoms with Gasteiger partial charge in [-0.05, 0) is 36.4 Å². The van der Waals surface area contributed by atoms with Gasteiger partial charge in [0.2, 0.25) is 0 Å². The number of pyridine rings is 1. The molecule has 32 heavy (non-hydrogen) atoms. The van der Waals surface area contributed by atoms with Crippen LogP contribution in [-0.2, 0) is 6.18 Å². The number of Topliss-reactive ketones (excluding diaryl/α,β-unsaturated/α-hetero) is 1. The second kappa shape index (κ2) is 7.43. The average Bonchev–Trinajstić information content (AvgIpc) is 2.76. The molecule has 4 aromatic rings. The third-order valence-electron chi connectivity index (χ3n) is 4.68. The largest absolute Gasteiger partial charge is 0.497 e. The first-order chi connectivity index (χ1) is 15.0. The molecule has 0 saturated heterocycles. The molecule has 0 unspecified atom stereocenters. The van der Waals surface area contributed by atoms with Gasteiger partial charge in [0, 0.05) is 28.1 Å². The number of hydrogen-bond acceptors (Lipinski definition) is 5. The SMILES string of the molecule is COc1ccc(-c2nc(C(F)(F)F)c3cc(C(=O)C(F)(F)F)c4cccnc4c3n2)cc1. The number of carbonyl (C=O) groups is 1. The number of halogens is 6. The van der Waals surface area contributed by atoms with E-state index in [9.17, 15) is 31.1 Å². The Labute approximate surface area is 175 Å². The maximum absolute atomic E-state index is 13.9. The number of carbonyl (C=O) groups excluding carboxylic acids is 1. The number of ketones is 1. The van der Waals surface area contributed by atoms with Crippen molar-refractivity contribution >= 4 is 27.6 Å². The molecule has 0 saturated carbocycles. The van der Waals surface area contributed by atoms with Crippen LogP contribution in [0.2, 0.25) is 0 Å². The summed E-state index contributed by atoms with van der Waals surface area (Å²) in [6, 6.07) is 8.85. The quantitative estimate of drug-likeness (QED) is 0.230. The fourth-order valence-electron chi connectivity index (χ4n) is 3.25.